The molecular weight excluding hydrogens is 272 g/mol. The fourth-order valence-corrected chi connectivity index (χ4v) is 2.20. The molecule has 0 bridgehead atoms. The number of halogens is 3. The van der Waals surface area contributed by atoms with Gasteiger partial charge in [0.2, 0.25) is 0 Å². The normalized spacial score (nSPS) is 10.4. The molecule has 0 aliphatic rings. The van der Waals surface area contributed by atoms with Crippen LogP contribution < -0.4 is 4.74 Å². The highest BCUT2D eigenvalue weighted by atomic mass is 35.5. The van der Waals surface area contributed by atoms with Crippen LogP contribution in [0.2, 0.25) is 9.49 Å². The maximum Gasteiger partial charge on any atom is 0.183 e. The van der Waals surface area contributed by atoms with Gasteiger partial charge in [0.25, 0.3) is 0 Å². The number of aromatic nitrogens is 1. The summed E-state index contributed by atoms with van der Waals surface area (Å²) >= 11 is 12.8. The summed E-state index contributed by atoms with van der Waals surface area (Å²) < 4.78 is 18.6. The monoisotopic (exact) mass is 277 g/mol. The van der Waals surface area contributed by atoms with E-state index in [1.807, 2.05) is 0 Å². The van der Waals surface area contributed by atoms with Gasteiger partial charge in [-0.15, -0.1) is 11.3 Å². The Hall–Kier alpha value is -0.840. The summed E-state index contributed by atoms with van der Waals surface area (Å²) in [7, 11) is 0. The lowest BCUT2D eigenvalue weighted by Gasteiger charge is -2.05. The first-order valence-electron chi connectivity index (χ1n) is 4.33. The Morgan fingerprint density at radius 3 is 2.81 bits per heavy atom. The van der Waals surface area contributed by atoms with Crippen molar-refractivity contribution in [2.75, 3.05) is 0 Å². The van der Waals surface area contributed by atoms with Gasteiger partial charge in [-0.2, -0.15) is 0 Å². The van der Waals surface area contributed by atoms with E-state index in [2.05, 4.69) is 4.98 Å². The number of benzene rings is 1. The molecule has 0 fully saturated rings. The van der Waals surface area contributed by atoms with Crippen LogP contribution in [0.4, 0.5) is 4.39 Å². The van der Waals surface area contributed by atoms with Crippen molar-refractivity contribution in [3.63, 3.8) is 0 Å². The third-order valence-electron chi connectivity index (χ3n) is 1.79. The van der Waals surface area contributed by atoms with Gasteiger partial charge in [-0.3, -0.25) is 0 Å². The first kappa shape index (κ1) is 11.6. The van der Waals surface area contributed by atoms with E-state index in [9.17, 15) is 4.39 Å². The van der Waals surface area contributed by atoms with Crippen molar-refractivity contribution in [3.05, 3.63) is 44.6 Å². The average molecular weight is 278 g/mol. The summed E-state index contributed by atoms with van der Waals surface area (Å²) in [6.45, 7) is 0.315. The molecule has 1 aromatic carbocycles. The molecule has 0 spiro atoms. The van der Waals surface area contributed by atoms with Crippen LogP contribution >= 0.6 is 34.5 Å². The van der Waals surface area contributed by atoms with E-state index >= 15 is 0 Å². The summed E-state index contributed by atoms with van der Waals surface area (Å²) in [5, 5.41) is 0.246. The molecule has 0 radical (unpaired) electrons. The van der Waals surface area contributed by atoms with Gasteiger partial charge in [-0.1, -0.05) is 23.2 Å². The predicted octanol–water partition coefficient (Wildman–Crippen LogP) is 4.17. The molecule has 16 heavy (non-hydrogen) atoms. The summed E-state index contributed by atoms with van der Waals surface area (Å²) in [4.78, 5) is 4.76. The van der Waals surface area contributed by atoms with Crippen LogP contribution in [0.5, 0.6) is 5.75 Å². The molecule has 1 heterocycles. The SMILES string of the molecule is Fc1ccc(OCc2cnc(Cl)s2)c(Cl)c1. The van der Waals surface area contributed by atoms with E-state index in [-0.39, 0.29) is 5.02 Å². The van der Waals surface area contributed by atoms with E-state index in [1.165, 1.54) is 29.5 Å². The molecule has 0 saturated carbocycles. The maximum atomic E-state index is 12.7. The quantitative estimate of drug-likeness (QED) is 0.840. The van der Waals surface area contributed by atoms with Crippen LogP contribution in [0.1, 0.15) is 4.88 Å². The third-order valence-corrected chi connectivity index (χ3v) is 3.17. The van der Waals surface area contributed by atoms with Crippen LogP contribution in [0, 0.1) is 5.82 Å². The highest BCUT2D eigenvalue weighted by Crippen LogP contribution is 2.26. The van der Waals surface area contributed by atoms with Crippen molar-refractivity contribution in [3.8, 4) is 5.75 Å². The zero-order valence-corrected chi connectivity index (χ0v) is 10.2. The van der Waals surface area contributed by atoms with Gasteiger partial charge in [0, 0.05) is 6.20 Å². The molecule has 0 unspecified atom stereocenters. The van der Waals surface area contributed by atoms with Crippen molar-refractivity contribution in [2.24, 2.45) is 0 Å². The minimum atomic E-state index is -0.391. The van der Waals surface area contributed by atoms with Crippen LogP contribution in [-0.4, -0.2) is 4.98 Å². The molecule has 2 aromatic rings. The van der Waals surface area contributed by atoms with Crippen LogP contribution in [0.15, 0.2) is 24.4 Å². The summed E-state index contributed by atoms with van der Waals surface area (Å²) in [5.41, 5.74) is 0. The van der Waals surface area contributed by atoms with E-state index < -0.39 is 5.82 Å². The summed E-state index contributed by atoms with van der Waals surface area (Å²) in [6, 6.07) is 3.98. The second kappa shape index (κ2) is 4.99. The van der Waals surface area contributed by atoms with Gasteiger partial charge in [0.05, 0.1) is 9.90 Å². The van der Waals surface area contributed by atoms with Crippen molar-refractivity contribution >= 4 is 34.5 Å². The Labute approximate surface area is 106 Å². The molecule has 0 aliphatic carbocycles. The zero-order chi connectivity index (χ0) is 11.5. The first-order chi connectivity index (χ1) is 7.65. The van der Waals surface area contributed by atoms with Crippen molar-refractivity contribution in [1.29, 1.82) is 0 Å². The predicted molar refractivity (Wildman–Crippen MR) is 62.9 cm³/mol. The molecule has 0 atom stereocenters. The number of thiazole rings is 1. The lowest BCUT2D eigenvalue weighted by Crippen LogP contribution is -1.93. The molecule has 6 heteroatoms. The van der Waals surface area contributed by atoms with Gasteiger partial charge in [0.15, 0.2) is 4.47 Å². The fourth-order valence-electron chi connectivity index (χ4n) is 1.09. The Bertz CT molecular complexity index is 503. The van der Waals surface area contributed by atoms with E-state index in [1.54, 1.807) is 6.20 Å². The molecule has 2 nitrogen and oxygen atoms in total. The largest absolute Gasteiger partial charge is 0.486 e. The molecule has 84 valence electrons. The number of ether oxygens (including phenoxy) is 1. The minimum absolute atomic E-state index is 0.246. The topological polar surface area (TPSA) is 22.1 Å². The molecule has 1 aromatic heterocycles. The number of rotatable bonds is 3. The highest BCUT2D eigenvalue weighted by molar-refractivity contribution is 7.15. The molecule has 0 N–H and O–H groups in total. The Morgan fingerprint density at radius 1 is 1.38 bits per heavy atom. The number of hydrogen-bond donors (Lipinski definition) is 0. The first-order valence-corrected chi connectivity index (χ1v) is 5.90. The molecular formula is C10H6Cl2FNOS. The van der Waals surface area contributed by atoms with Crippen molar-refractivity contribution < 1.29 is 9.13 Å². The van der Waals surface area contributed by atoms with Gasteiger partial charge < -0.3 is 4.74 Å². The average Bonchev–Trinajstić information content (AvgIpc) is 2.63. The van der Waals surface area contributed by atoms with Gasteiger partial charge in [0.1, 0.15) is 18.2 Å². The molecule has 0 saturated heterocycles. The van der Waals surface area contributed by atoms with E-state index in [4.69, 9.17) is 27.9 Å². The van der Waals surface area contributed by atoms with Crippen molar-refractivity contribution in [2.45, 2.75) is 6.61 Å². The lowest BCUT2D eigenvalue weighted by molar-refractivity contribution is 0.309. The Morgan fingerprint density at radius 2 is 2.19 bits per heavy atom. The van der Waals surface area contributed by atoms with Gasteiger partial charge in [-0.25, -0.2) is 9.37 Å². The van der Waals surface area contributed by atoms with E-state index in [0.717, 1.165) is 4.88 Å². The molecule has 0 amide bonds. The third kappa shape index (κ3) is 2.84. The second-order valence-corrected chi connectivity index (χ2v) is 5.05. The summed E-state index contributed by atoms with van der Waals surface area (Å²) in [6.07, 6.45) is 1.63. The second-order valence-electron chi connectivity index (χ2n) is 2.94. The van der Waals surface area contributed by atoms with Gasteiger partial charge in [-0.05, 0) is 18.2 Å². The standard InChI is InChI=1S/C10H6Cl2FNOS/c11-8-3-6(13)1-2-9(8)15-5-7-4-14-10(12)16-7/h1-4H,5H2. The number of hydrogen-bond acceptors (Lipinski definition) is 3. The highest BCUT2D eigenvalue weighted by Gasteiger charge is 2.05. The number of nitrogens with zero attached hydrogens (tertiary/aromatic N) is 1. The Balaban J connectivity index is 2.04. The smallest absolute Gasteiger partial charge is 0.183 e. The molecule has 2 rings (SSSR count). The maximum absolute atomic E-state index is 12.7. The molecule has 0 aliphatic heterocycles. The van der Waals surface area contributed by atoms with Crippen molar-refractivity contribution in [1.82, 2.24) is 4.98 Å². The summed E-state index contributed by atoms with van der Waals surface area (Å²) in [5.74, 6) is 0.0470. The zero-order valence-electron chi connectivity index (χ0n) is 7.91. The van der Waals surface area contributed by atoms with Crippen LogP contribution in [0.3, 0.4) is 0 Å². The van der Waals surface area contributed by atoms with Gasteiger partial charge >= 0.3 is 0 Å². The minimum Gasteiger partial charge on any atom is -0.486 e. The Kier molecular flexibility index (Phi) is 3.63. The van der Waals surface area contributed by atoms with Crippen LogP contribution in [0.25, 0.3) is 0 Å². The van der Waals surface area contributed by atoms with Crippen LogP contribution in [-0.2, 0) is 6.61 Å². The van der Waals surface area contributed by atoms with E-state index in [0.29, 0.717) is 16.8 Å². The fraction of sp³-hybridized carbons (Fsp3) is 0.100. The lowest BCUT2D eigenvalue weighted by atomic mass is 10.3.